The highest BCUT2D eigenvalue weighted by Gasteiger charge is 2.07. The summed E-state index contributed by atoms with van der Waals surface area (Å²) >= 11 is 0. The van der Waals surface area contributed by atoms with Crippen LogP contribution in [0.1, 0.15) is 25.0 Å². The zero-order valence-corrected chi connectivity index (χ0v) is 13.5. The zero-order chi connectivity index (χ0) is 15.8. The Morgan fingerprint density at radius 1 is 1.09 bits per heavy atom. The van der Waals surface area contributed by atoms with Gasteiger partial charge in [0, 0.05) is 25.5 Å². The van der Waals surface area contributed by atoms with Gasteiger partial charge in [-0.2, -0.15) is 4.98 Å². The molecule has 1 heterocycles. The number of hydrogen-bond donors (Lipinski definition) is 2. The quantitative estimate of drug-likeness (QED) is 0.732. The summed E-state index contributed by atoms with van der Waals surface area (Å²) in [7, 11) is 1.68. The van der Waals surface area contributed by atoms with Gasteiger partial charge in [0.1, 0.15) is 5.82 Å². The lowest BCUT2D eigenvalue weighted by molar-refractivity contribution is 0.210. The lowest BCUT2D eigenvalue weighted by Crippen LogP contribution is -2.11. The molecule has 0 aliphatic heterocycles. The van der Waals surface area contributed by atoms with Crippen molar-refractivity contribution in [1.82, 2.24) is 9.97 Å². The lowest BCUT2D eigenvalue weighted by atomic mass is 10.0. The molecule has 0 amide bonds. The third kappa shape index (κ3) is 4.18. The Hall–Kier alpha value is -2.14. The fourth-order valence-electron chi connectivity index (χ4n) is 2.31. The molecule has 1 aromatic carbocycles. The van der Waals surface area contributed by atoms with E-state index >= 15 is 0 Å². The molecule has 0 atom stereocenters. The Balaban J connectivity index is 2.18. The Bertz CT molecular complexity index is 579. The van der Waals surface area contributed by atoms with Crippen LogP contribution in [0.25, 0.3) is 0 Å². The maximum absolute atomic E-state index is 5.02. The number of benzene rings is 1. The first-order valence-corrected chi connectivity index (χ1v) is 7.72. The van der Waals surface area contributed by atoms with Crippen LogP contribution < -0.4 is 10.6 Å². The molecule has 0 aliphatic carbocycles. The number of nitrogens with one attached hydrogen (secondary N) is 2. The first-order chi connectivity index (χ1) is 10.8. The number of rotatable bonds is 8. The monoisotopic (exact) mass is 300 g/mol. The number of para-hydroxylation sites is 1. The molecule has 2 N–H and O–H groups in total. The van der Waals surface area contributed by atoms with Crippen molar-refractivity contribution >= 4 is 17.5 Å². The van der Waals surface area contributed by atoms with Crippen molar-refractivity contribution in [2.24, 2.45) is 0 Å². The molecule has 5 heteroatoms. The summed E-state index contributed by atoms with van der Waals surface area (Å²) in [4.78, 5) is 8.72. The summed E-state index contributed by atoms with van der Waals surface area (Å²) in [5.41, 5.74) is 3.76. The average Bonchev–Trinajstić information content (AvgIpc) is 2.55. The Morgan fingerprint density at radius 3 is 2.45 bits per heavy atom. The molecule has 0 aliphatic rings. The molecule has 0 radical (unpaired) electrons. The molecule has 2 aromatic rings. The van der Waals surface area contributed by atoms with Crippen LogP contribution >= 0.6 is 0 Å². The van der Waals surface area contributed by atoms with E-state index in [1.807, 2.05) is 6.07 Å². The molecule has 1 aromatic heterocycles. The van der Waals surface area contributed by atoms with Gasteiger partial charge < -0.3 is 15.4 Å². The number of methoxy groups -OCH3 is 1. The molecule has 0 bridgehead atoms. The van der Waals surface area contributed by atoms with Crippen molar-refractivity contribution in [3.8, 4) is 0 Å². The molecule has 22 heavy (non-hydrogen) atoms. The van der Waals surface area contributed by atoms with Gasteiger partial charge in [-0.25, -0.2) is 4.98 Å². The molecule has 0 unspecified atom stereocenters. The lowest BCUT2D eigenvalue weighted by Gasteiger charge is -2.15. The second kappa shape index (κ2) is 8.34. The van der Waals surface area contributed by atoms with Crippen molar-refractivity contribution in [3.63, 3.8) is 0 Å². The minimum atomic E-state index is 0.606. The van der Waals surface area contributed by atoms with Crippen molar-refractivity contribution < 1.29 is 4.74 Å². The summed E-state index contributed by atoms with van der Waals surface area (Å²) in [5.74, 6) is 1.40. The second-order valence-corrected chi connectivity index (χ2v) is 4.97. The fraction of sp³-hybridized carbons (Fsp3) is 0.412. The van der Waals surface area contributed by atoms with E-state index in [-0.39, 0.29) is 0 Å². The predicted molar refractivity (Wildman–Crippen MR) is 90.9 cm³/mol. The topological polar surface area (TPSA) is 59.1 Å². The minimum Gasteiger partial charge on any atom is -0.383 e. The number of aryl methyl sites for hydroxylation is 2. The van der Waals surface area contributed by atoms with Gasteiger partial charge in [-0.15, -0.1) is 0 Å². The Labute approximate surface area is 132 Å². The van der Waals surface area contributed by atoms with Crippen molar-refractivity contribution in [2.75, 3.05) is 30.9 Å². The summed E-state index contributed by atoms with van der Waals surface area (Å²) in [5, 5.41) is 6.59. The smallest absolute Gasteiger partial charge is 0.224 e. The van der Waals surface area contributed by atoms with Crippen LogP contribution in [-0.4, -0.2) is 30.2 Å². The van der Waals surface area contributed by atoms with Gasteiger partial charge in [-0.1, -0.05) is 32.0 Å². The highest BCUT2D eigenvalue weighted by Crippen LogP contribution is 2.25. The van der Waals surface area contributed by atoms with Gasteiger partial charge >= 0.3 is 0 Å². The van der Waals surface area contributed by atoms with Gasteiger partial charge in [0.15, 0.2) is 0 Å². The third-order valence-corrected chi connectivity index (χ3v) is 3.50. The summed E-state index contributed by atoms with van der Waals surface area (Å²) in [6.45, 7) is 5.64. The van der Waals surface area contributed by atoms with Crippen molar-refractivity contribution in [3.05, 3.63) is 41.6 Å². The largest absolute Gasteiger partial charge is 0.383 e. The summed E-state index contributed by atoms with van der Waals surface area (Å²) < 4.78 is 5.02. The molecule has 2 rings (SSSR count). The van der Waals surface area contributed by atoms with Gasteiger partial charge in [-0.3, -0.25) is 0 Å². The van der Waals surface area contributed by atoms with E-state index in [0.29, 0.717) is 19.1 Å². The highest BCUT2D eigenvalue weighted by atomic mass is 16.5. The first-order valence-electron chi connectivity index (χ1n) is 7.72. The maximum atomic E-state index is 5.02. The fourth-order valence-corrected chi connectivity index (χ4v) is 2.31. The maximum Gasteiger partial charge on any atom is 0.224 e. The van der Waals surface area contributed by atoms with Gasteiger partial charge in [-0.05, 0) is 30.0 Å². The van der Waals surface area contributed by atoms with Gasteiger partial charge in [0.25, 0.3) is 0 Å². The van der Waals surface area contributed by atoms with Gasteiger partial charge in [0.05, 0.1) is 6.61 Å². The SMILES string of the molecule is CCc1cccc(CC)c1Nc1ccnc(NCCOC)n1. The van der Waals surface area contributed by atoms with Gasteiger partial charge in [0.2, 0.25) is 5.95 Å². The van der Waals surface area contributed by atoms with Crippen LogP contribution in [0.5, 0.6) is 0 Å². The molecule has 0 saturated heterocycles. The molecule has 5 nitrogen and oxygen atoms in total. The van der Waals surface area contributed by atoms with Crippen LogP contribution in [0.15, 0.2) is 30.5 Å². The Kier molecular flexibility index (Phi) is 6.15. The number of hydrogen-bond acceptors (Lipinski definition) is 5. The van der Waals surface area contributed by atoms with Crippen LogP contribution in [0.2, 0.25) is 0 Å². The molecular weight excluding hydrogens is 276 g/mol. The number of nitrogens with zero attached hydrogens (tertiary/aromatic N) is 2. The first kappa shape index (κ1) is 16.2. The van der Waals surface area contributed by atoms with E-state index in [2.05, 4.69) is 52.6 Å². The standard InChI is InChI=1S/C17H24N4O/c1-4-13-7-6-8-14(5-2)16(13)20-15-9-10-18-17(21-15)19-11-12-22-3/h6-10H,4-5,11-12H2,1-3H3,(H2,18,19,20,21). The molecular formula is C17H24N4O. The second-order valence-electron chi connectivity index (χ2n) is 4.97. The van der Waals surface area contributed by atoms with E-state index in [1.165, 1.54) is 11.1 Å². The summed E-state index contributed by atoms with van der Waals surface area (Å²) in [6, 6.07) is 8.30. The average molecular weight is 300 g/mol. The zero-order valence-electron chi connectivity index (χ0n) is 13.5. The molecule has 118 valence electrons. The molecule has 0 saturated carbocycles. The summed E-state index contributed by atoms with van der Waals surface area (Å²) in [6.07, 6.45) is 3.73. The Morgan fingerprint density at radius 2 is 1.82 bits per heavy atom. The van der Waals surface area contributed by atoms with Crippen LogP contribution in [0.3, 0.4) is 0 Å². The highest BCUT2D eigenvalue weighted by molar-refractivity contribution is 5.65. The van der Waals surface area contributed by atoms with Crippen molar-refractivity contribution in [2.45, 2.75) is 26.7 Å². The van der Waals surface area contributed by atoms with Crippen LogP contribution in [0.4, 0.5) is 17.5 Å². The van der Waals surface area contributed by atoms with Crippen LogP contribution in [0, 0.1) is 0 Å². The number of ether oxygens (including phenoxy) is 1. The third-order valence-electron chi connectivity index (χ3n) is 3.50. The molecule has 0 fully saturated rings. The van der Waals surface area contributed by atoms with Crippen molar-refractivity contribution in [1.29, 1.82) is 0 Å². The van der Waals surface area contributed by atoms with Crippen LogP contribution in [-0.2, 0) is 17.6 Å². The normalized spacial score (nSPS) is 10.5. The van der Waals surface area contributed by atoms with E-state index in [9.17, 15) is 0 Å². The van der Waals surface area contributed by atoms with E-state index < -0.39 is 0 Å². The minimum absolute atomic E-state index is 0.606. The van der Waals surface area contributed by atoms with E-state index in [1.54, 1.807) is 13.3 Å². The predicted octanol–water partition coefficient (Wildman–Crippen LogP) is 3.40. The van der Waals surface area contributed by atoms with E-state index in [4.69, 9.17) is 4.74 Å². The molecule has 0 spiro atoms. The number of aromatic nitrogens is 2. The van der Waals surface area contributed by atoms with E-state index in [0.717, 1.165) is 24.3 Å². The number of anilines is 3.